The molecular weight excluding hydrogens is 198 g/mol. The number of hydrogen-bond donors (Lipinski definition) is 1. The Labute approximate surface area is 91.4 Å². The standard InChI is InChI=1S/C11H20ClNO/c1-9-3-2-4-10(7-9)5-6-13-11(14)8-12/h9-10H,2-8H2,1H3,(H,13,14). The van der Waals surface area contributed by atoms with Gasteiger partial charge in [0.2, 0.25) is 5.91 Å². The van der Waals surface area contributed by atoms with Crippen LogP contribution in [0.2, 0.25) is 0 Å². The summed E-state index contributed by atoms with van der Waals surface area (Å²) in [7, 11) is 0. The van der Waals surface area contributed by atoms with Gasteiger partial charge in [-0.1, -0.05) is 26.2 Å². The van der Waals surface area contributed by atoms with Crippen molar-refractivity contribution >= 4 is 17.5 Å². The lowest BCUT2D eigenvalue weighted by Crippen LogP contribution is -2.27. The molecule has 82 valence electrons. The fourth-order valence-corrected chi connectivity index (χ4v) is 2.38. The van der Waals surface area contributed by atoms with E-state index in [1.165, 1.54) is 25.7 Å². The van der Waals surface area contributed by atoms with E-state index in [1.54, 1.807) is 0 Å². The predicted octanol–water partition coefficient (Wildman–Crippen LogP) is 2.56. The van der Waals surface area contributed by atoms with Crippen LogP contribution in [0.3, 0.4) is 0 Å². The Hall–Kier alpha value is -0.240. The first kappa shape index (κ1) is 11.8. The van der Waals surface area contributed by atoms with Crippen LogP contribution in [-0.2, 0) is 4.79 Å². The summed E-state index contributed by atoms with van der Waals surface area (Å²) in [6, 6.07) is 0. The second kappa shape index (κ2) is 6.28. The molecule has 1 fully saturated rings. The first-order valence-electron chi connectivity index (χ1n) is 5.55. The summed E-state index contributed by atoms with van der Waals surface area (Å²) in [4.78, 5) is 10.9. The number of carbonyl (C=O) groups is 1. The highest BCUT2D eigenvalue weighted by molar-refractivity contribution is 6.27. The van der Waals surface area contributed by atoms with E-state index in [0.717, 1.165) is 24.8 Å². The van der Waals surface area contributed by atoms with Crippen LogP contribution in [0.1, 0.15) is 39.0 Å². The van der Waals surface area contributed by atoms with Gasteiger partial charge in [0.15, 0.2) is 0 Å². The fraction of sp³-hybridized carbons (Fsp3) is 0.909. The molecule has 0 radical (unpaired) electrons. The van der Waals surface area contributed by atoms with Crippen LogP contribution in [0.25, 0.3) is 0 Å². The third-order valence-corrected chi connectivity index (χ3v) is 3.28. The van der Waals surface area contributed by atoms with Crippen molar-refractivity contribution < 1.29 is 4.79 Å². The normalized spacial score (nSPS) is 27.3. The molecule has 2 nitrogen and oxygen atoms in total. The summed E-state index contributed by atoms with van der Waals surface area (Å²) in [6.07, 6.45) is 6.52. The van der Waals surface area contributed by atoms with Gasteiger partial charge >= 0.3 is 0 Å². The summed E-state index contributed by atoms with van der Waals surface area (Å²) in [5.74, 6) is 1.73. The van der Waals surface area contributed by atoms with Crippen LogP contribution in [0, 0.1) is 11.8 Å². The van der Waals surface area contributed by atoms with Gasteiger partial charge in [-0.3, -0.25) is 4.79 Å². The molecule has 2 unspecified atom stereocenters. The first-order valence-corrected chi connectivity index (χ1v) is 6.08. The monoisotopic (exact) mass is 217 g/mol. The summed E-state index contributed by atoms with van der Waals surface area (Å²) >= 11 is 5.38. The number of alkyl halides is 1. The largest absolute Gasteiger partial charge is 0.355 e. The predicted molar refractivity (Wildman–Crippen MR) is 59.5 cm³/mol. The Bertz CT molecular complexity index is 184. The lowest BCUT2D eigenvalue weighted by atomic mass is 9.81. The smallest absolute Gasteiger partial charge is 0.234 e. The number of halogens is 1. The average molecular weight is 218 g/mol. The van der Waals surface area contributed by atoms with Crippen molar-refractivity contribution in [2.24, 2.45) is 11.8 Å². The average Bonchev–Trinajstić information content (AvgIpc) is 2.17. The molecule has 0 spiro atoms. The van der Waals surface area contributed by atoms with Gasteiger partial charge in [0.1, 0.15) is 5.88 Å². The van der Waals surface area contributed by atoms with E-state index in [1.807, 2.05) is 0 Å². The minimum Gasteiger partial charge on any atom is -0.355 e. The van der Waals surface area contributed by atoms with Gasteiger partial charge in [0, 0.05) is 6.54 Å². The van der Waals surface area contributed by atoms with E-state index in [4.69, 9.17) is 11.6 Å². The highest BCUT2D eigenvalue weighted by Gasteiger charge is 2.18. The molecule has 14 heavy (non-hydrogen) atoms. The molecule has 1 aliphatic rings. The summed E-state index contributed by atoms with van der Waals surface area (Å²) in [5.41, 5.74) is 0. The van der Waals surface area contributed by atoms with Crippen LogP contribution in [-0.4, -0.2) is 18.3 Å². The zero-order valence-electron chi connectivity index (χ0n) is 8.89. The van der Waals surface area contributed by atoms with Gasteiger partial charge in [0.25, 0.3) is 0 Å². The van der Waals surface area contributed by atoms with Crippen molar-refractivity contribution in [3.8, 4) is 0 Å². The fourth-order valence-electron chi connectivity index (χ4n) is 2.28. The van der Waals surface area contributed by atoms with Crippen molar-refractivity contribution in [1.29, 1.82) is 0 Å². The van der Waals surface area contributed by atoms with Gasteiger partial charge in [-0.05, 0) is 24.7 Å². The Kier molecular flexibility index (Phi) is 5.31. The van der Waals surface area contributed by atoms with E-state index in [2.05, 4.69) is 12.2 Å². The topological polar surface area (TPSA) is 29.1 Å². The lowest BCUT2D eigenvalue weighted by Gasteiger charge is -2.26. The van der Waals surface area contributed by atoms with Crippen molar-refractivity contribution in [2.75, 3.05) is 12.4 Å². The molecule has 1 N–H and O–H groups in total. The van der Waals surface area contributed by atoms with Crippen molar-refractivity contribution in [2.45, 2.75) is 39.0 Å². The van der Waals surface area contributed by atoms with Crippen LogP contribution < -0.4 is 5.32 Å². The Morgan fingerprint density at radius 1 is 1.50 bits per heavy atom. The molecule has 0 aromatic heterocycles. The maximum Gasteiger partial charge on any atom is 0.234 e. The highest BCUT2D eigenvalue weighted by Crippen LogP contribution is 2.30. The number of hydrogen-bond acceptors (Lipinski definition) is 1. The molecule has 0 bridgehead atoms. The second-order valence-corrected chi connectivity index (χ2v) is 4.68. The maximum absolute atomic E-state index is 10.9. The van der Waals surface area contributed by atoms with Crippen molar-refractivity contribution in [3.63, 3.8) is 0 Å². The quantitative estimate of drug-likeness (QED) is 0.721. The van der Waals surface area contributed by atoms with E-state index in [9.17, 15) is 4.79 Å². The van der Waals surface area contributed by atoms with Crippen LogP contribution in [0.15, 0.2) is 0 Å². The van der Waals surface area contributed by atoms with E-state index in [-0.39, 0.29) is 11.8 Å². The molecule has 1 amide bonds. The molecule has 1 saturated carbocycles. The van der Waals surface area contributed by atoms with Crippen molar-refractivity contribution in [3.05, 3.63) is 0 Å². The van der Waals surface area contributed by atoms with E-state index in [0.29, 0.717) is 0 Å². The molecule has 1 aliphatic carbocycles. The number of amides is 1. The molecule has 0 aromatic carbocycles. The molecule has 2 atom stereocenters. The molecular formula is C11H20ClNO. The number of carbonyl (C=O) groups excluding carboxylic acids is 1. The van der Waals surface area contributed by atoms with Gasteiger partial charge in [0.05, 0.1) is 0 Å². The lowest BCUT2D eigenvalue weighted by molar-refractivity contribution is -0.118. The third kappa shape index (κ3) is 4.32. The number of nitrogens with one attached hydrogen (secondary N) is 1. The van der Waals surface area contributed by atoms with Crippen LogP contribution in [0.4, 0.5) is 0 Å². The SMILES string of the molecule is CC1CCCC(CCNC(=O)CCl)C1. The summed E-state index contributed by atoms with van der Waals surface area (Å²) in [6.45, 7) is 3.12. The summed E-state index contributed by atoms with van der Waals surface area (Å²) in [5, 5.41) is 2.82. The summed E-state index contributed by atoms with van der Waals surface area (Å²) < 4.78 is 0. The Morgan fingerprint density at radius 3 is 2.93 bits per heavy atom. The highest BCUT2D eigenvalue weighted by atomic mass is 35.5. The minimum absolute atomic E-state index is 0.0458. The number of rotatable bonds is 4. The van der Waals surface area contributed by atoms with Gasteiger partial charge in [-0.25, -0.2) is 0 Å². The molecule has 1 rings (SSSR count). The first-order chi connectivity index (χ1) is 6.72. The zero-order valence-corrected chi connectivity index (χ0v) is 9.65. The maximum atomic E-state index is 10.9. The molecule has 0 heterocycles. The molecule has 0 aromatic rings. The molecule has 0 saturated heterocycles. The second-order valence-electron chi connectivity index (χ2n) is 4.41. The van der Waals surface area contributed by atoms with E-state index >= 15 is 0 Å². The molecule has 0 aliphatic heterocycles. The van der Waals surface area contributed by atoms with Crippen LogP contribution in [0.5, 0.6) is 0 Å². The van der Waals surface area contributed by atoms with Crippen molar-refractivity contribution in [1.82, 2.24) is 5.32 Å². The molecule has 3 heteroatoms. The van der Waals surface area contributed by atoms with Gasteiger partial charge in [-0.2, -0.15) is 0 Å². The minimum atomic E-state index is -0.0458. The Morgan fingerprint density at radius 2 is 2.29 bits per heavy atom. The Balaban J connectivity index is 2.08. The van der Waals surface area contributed by atoms with Gasteiger partial charge in [-0.15, -0.1) is 11.6 Å². The van der Waals surface area contributed by atoms with Gasteiger partial charge < -0.3 is 5.32 Å². The van der Waals surface area contributed by atoms with E-state index < -0.39 is 0 Å². The third-order valence-electron chi connectivity index (χ3n) is 3.04. The zero-order chi connectivity index (χ0) is 10.4. The van der Waals surface area contributed by atoms with Crippen LogP contribution >= 0.6 is 11.6 Å².